The zero-order valence-electron chi connectivity index (χ0n) is 13.5. The van der Waals surface area contributed by atoms with Crippen molar-refractivity contribution in [1.82, 2.24) is 5.32 Å². The maximum atomic E-state index is 3.62. The van der Waals surface area contributed by atoms with Crippen LogP contribution in [0.15, 0.2) is 54.6 Å². The van der Waals surface area contributed by atoms with E-state index in [1.54, 1.807) is 0 Å². The Morgan fingerprint density at radius 1 is 0.810 bits per heavy atom. The Labute approximate surface area is 129 Å². The van der Waals surface area contributed by atoms with E-state index in [2.05, 4.69) is 80.7 Å². The van der Waals surface area contributed by atoms with Crippen LogP contribution in [0.2, 0.25) is 0 Å². The highest BCUT2D eigenvalue weighted by Gasteiger charge is 2.05. The predicted octanol–water partition coefficient (Wildman–Crippen LogP) is 5.09. The van der Waals surface area contributed by atoms with Gasteiger partial charge < -0.3 is 5.32 Å². The minimum atomic E-state index is 0.419. The molecule has 0 aliphatic heterocycles. The molecule has 21 heavy (non-hydrogen) atoms. The smallest absolute Gasteiger partial charge is 0.0291 e. The van der Waals surface area contributed by atoms with Gasteiger partial charge in [0.25, 0.3) is 0 Å². The van der Waals surface area contributed by atoms with Crippen LogP contribution in [0.5, 0.6) is 0 Å². The Morgan fingerprint density at radius 2 is 1.43 bits per heavy atom. The lowest BCUT2D eigenvalue weighted by molar-refractivity contribution is 0.558. The minimum Gasteiger partial charge on any atom is -0.310 e. The fraction of sp³-hybridized carbons (Fsp3) is 0.400. The lowest BCUT2D eigenvalue weighted by Gasteiger charge is -2.15. The van der Waals surface area contributed by atoms with Crippen molar-refractivity contribution < 1.29 is 0 Å². The number of hydrogen-bond acceptors (Lipinski definition) is 1. The zero-order valence-corrected chi connectivity index (χ0v) is 13.5. The predicted molar refractivity (Wildman–Crippen MR) is 91.7 cm³/mol. The SMILES string of the molecule is CC(C)c1ccc(C(C)NCCCc2ccccc2)cc1. The first-order valence-corrected chi connectivity index (χ1v) is 8.04. The standard InChI is InChI=1S/C20H27N/c1-16(2)19-11-13-20(14-12-19)17(3)21-15-7-10-18-8-5-4-6-9-18/h4-6,8-9,11-14,16-17,21H,7,10,15H2,1-3H3. The molecule has 1 N–H and O–H groups in total. The summed E-state index contributed by atoms with van der Waals surface area (Å²) in [5.74, 6) is 0.605. The third-order valence-corrected chi connectivity index (χ3v) is 4.04. The zero-order chi connectivity index (χ0) is 15.1. The molecule has 0 aliphatic rings. The normalized spacial score (nSPS) is 12.6. The maximum absolute atomic E-state index is 3.62. The van der Waals surface area contributed by atoms with E-state index in [-0.39, 0.29) is 0 Å². The Bertz CT molecular complexity index is 513. The summed E-state index contributed by atoms with van der Waals surface area (Å²) < 4.78 is 0. The van der Waals surface area contributed by atoms with Crippen molar-refractivity contribution in [2.24, 2.45) is 0 Å². The summed E-state index contributed by atoms with van der Waals surface area (Å²) in [6, 6.07) is 20.1. The van der Waals surface area contributed by atoms with Gasteiger partial charge in [-0.25, -0.2) is 0 Å². The van der Waals surface area contributed by atoms with Gasteiger partial charge in [-0.15, -0.1) is 0 Å². The van der Waals surface area contributed by atoms with E-state index in [1.165, 1.54) is 23.1 Å². The number of rotatable bonds is 7. The summed E-state index contributed by atoms with van der Waals surface area (Å²) in [6.07, 6.45) is 2.32. The molecule has 0 fully saturated rings. The average Bonchev–Trinajstić information content (AvgIpc) is 2.52. The third-order valence-electron chi connectivity index (χ3n) is 4.04. The van der Waals surface area contributed by atoms with Crippen molar-refractivity contribution >= 4 is 0 Å². The molecule has 0 heterocycles. The first-order valence-electron chi connectivity index (χ1n) is 8.04. The van der Waals surface area contributed by atoms with Crippen LogP contribution in [0.3, 0.4) is 0 Å². The van der Waals surface area contributed by atoms with Crippen LogP contribution in [0.1, 0.15) is 55.8 Å². The summed E-state index contributed by atoms with van der Waals surface area (Å²) in [6.45, 7) is 7.77. The van der Waals surface area contributed by atoms with E-state index in [4.69, 9.17) is 0 Å². The molecule has 1 heteroatoms. The van der Waals surface area contributed by atoms with Crippen LogP contribution in [0.4, 0.5) is 0 Å². The molecule has 0 amide bonds. The van der Waals surface area contributed by atoms with Crippen molar-refractivity contribution in [2.75, 3.05) is 6.54 Å². The monoisotopic (exact) mass is 281 g/mol. The molecule has 0 spiro atoms. The van der Waals surface area contributed by atoms with Gasteiger partial charge in [-0.1, -0.05) is 68.4 Å². The van der Waals surface area contributed by atoms with Gasteiger partial charge in [-0.05, 0) is 48.9 Å². The Hall–Kier alpha value is -1.60. The molecule has 0 bridgehead atoms. The molecule has 2 aromatic rings. The van der Waals surface area contributed by atoms with Crippen LogP contribution in [0.25, 0.3) is 0 Å². The van der Waals surface area contributed by atoms with Gasteiger partial charge in [-0.3, -0.25) is 0 Å². The van der Waals surface area contributed by atoms with Crippen LogP contribution in [-0.2, 0) is 6.42 Å². The summed E-state index contributed by atoms with van der Waals surface area (Å²) >= 11 is 0. The van der Waals surface area contributed by atoms with Gasteiger partial charge in [0.1, 0.15) is 0 Å². The van der Waals surface area contributed by atoms with Crippen molar-refractivity contribution in [3.63, 3.8) is 0 Å². The molecule has 1 unspecified atom stereocenters. The van der Waals surface area contributed by atoms with Crippen molar-refractivity contribution in [2.45, 2.75) is 45.6 Å². The first-order chi connectivity index (χ1) is 10.2. The summed E-state index contributed by atoms with van der Waals surface area (Å²) in [4.78, 5) is 0. The van der Waals surface area contributed by atoms with Crippen molar-refractivity contribution in [3.8, 4) is 0 Å². The lowest BCUT2D eigenvalue weighted by atomic mass is 9.99. The highest BCUT2D eigenvalue weighted by Crippen LogP contribution is 2.18. The number of benzene rings is 2. The molecule has 0 aliphatic carbocycles. The minimum absolute atomic E-state index is 0.419. The number of aryl methyl sites for hydroxylation is 1. The Kier molecular flexibility index (Phi) is 6.01. The molecule has 0 saturated heterocycles. The molecule has 2 aromatic carbocycles. The number of hydrogen-bond donors (Lipinski definition) is 1. The Balaban J connectivity index is 1.75. The second-order valence-electron chi connectivity index (χ2n) is 6.09. The van der Waals surface area contributed by atoms with Gasteiger partial charge in [0, 0.05) is 6.04 Å². The fourth-order valence-electron chi connectivity index (χ4n) is 2.54. The number of nitrogens with one attached hydrogen (secondary N) is 1. The highest BCUT2D eigenvalue weighted by atomic mass is 14.9. The lowest BCUT2D eigenvalue weighted by Crippen LogP contribution is -2.20. The van der Waals surface area contributed by atoms with Crippen LogP contribution >= 0.6 is 0 Å². The van der Waals surface area contributed by atoms with Gasteiger partial charge in [0.15, 0.2) is 0 Å². The third kappa shape index (κ3) is 5.02. The Morgan fingerprint density at radius 3 is 2.05 bits per heavy atom. The quantitative estimate of drug-likeness (QED) is 0.697. The highest BCUT2D eigenvalue weighted by molar-refractivity contribution is 5.26. The van der Waals surface area contributed by atoms with E-state index in [0.717, 1.165) is 13.0 Å². The van der Waals surface area contributed by atoms with E-state index < -0.39 is 0 Å². The van der Waals surface area contributed by atoms with Crippen LogP contribution in [0, 0.1) is 0 Å². The molecule has 112 valence electrons. The second-order valence-corrected chi connectivity index (χ2v) is 6.09. The van der Waals surface area contributed by atoms with E-state index in [9.17, 15) is 0 Å². The first kappa shape index (κ1) is 15.8. The average molecular weight is 281 g/mol. The van der Waals surface area contributed by atoms with E-state index >= 15 is 0 Å². The van der Waals surface area contributed by atoms with Crippen LogP contribution in [-0.4, -0.2) is 6.54 Å². The fourth-order valence-corrected chi connectivity index (χ4v) is 2.54. The molecule has 1 atom stereocenters. The molecule has 0 radical (unpaired) electrons. The van der Waals surface area contributed by atoms with Gasteiger partial charge in [-0.2, -0.15) is 0 Å². The van der Waals surface area contributed by atoms with E-state index in [0.29, 0.717) is 12.0 Å². The molecular weight excluding hydrogens is 254 g/mol. The van der Waals surface area contributed by atoms with Gasteiger partial charge in [0.05, 0.1) is 0 Å². The summed E-state index contributed by atoms with van der Waals surface area (Å²) in [5, 5.41) is 3.62. The van der Waals surface area contributed by atoms with Gasteiger partial charge in [0.2, 0.25) is 0 Å². The van der Waals surface area contributed by atoms with Crippen molar-refractivity contribution in [3.05, 3.63) is 71.3 Å². The van der Waals surface area contributed by atoms with Gasteiger partial charge >= 0.3 is 0 Å². The molecule has 1 nitrogen and oxygen atoms in total. The second kappa shape index (κ2) is 7.99. The molecule has 0 aromatic heterocycles. The van der Waals surface area contributed by atoms with Crippen LogP contribution < -0.4 is 5.32 Å². The summed E-state index contributed by atoms with van der Waals surface area (Å²) in [7, 11) is 0. The molecule has 0 saturated carbocycles. The van der Waals surface area contributed by atoms with Crippen molar-refractivity contribution in [1.29, 1.82) is 0 Å². The van der Waals surface area contributed by atoms with E-state index in [1.807, 2.05) is 0 Å². The topological polar surface area (TPSA) is 12.0 Å². The molecular formula is C20H27N. The summed E-state index contributed by atoms with van der Waals surface area (Å²) in [5.41, 5.74) is 4.21. The molecule has 2 rings (SSSR count). The maximum Gasteiger partial charge on any atom is 0.0291 e. The largest absolute Gasteiger partial charge is 0.310 e.